The van der Waals surface area contributed by atoms with Gasteiger partial charge in [-0.15, -0.1) is 0 Å². The molecule has 0 aromatic heterocycles. The van der Waals surface area contributed by atoms with Gasteiger partial charge in [0.05, 0.1) is 31.3 Å². The summed E-state index contributed by atoms with van der Waals surface area (Å²) in [4.78, 5) is 11.8. The summed E-state index contributed by atoms with van der Waals surface area (Å²) in [6.45, 7) is 3.87. The number of methoxy groups -OCH3 is 1. The van der Waals surface area contributed by atoms with Crippen LogP contribution in [0.25, 0.3) is 0 Å². The van der Waals surface area contributed by atoms with Gasteiger partial charge in [-0.3, -0.25) is 0 Å². The molecule has 1 aromatic carbocycles. The molecule has 4 heteroatoms. The van der Waals surface area contributed by atoms with Crippen LogP contribution in [0, 0.1) is 5.41 Å². The molecule has 0 bridgehead atoms. The van der Waals surface area contributed by atoms with E-state index in [1.165, 1.54) is 0 Å². The highest BCUT2D eigenvalue weighted by Gasteiger charge is 2.38. The second kappa shape index (κ2) is 5.40. The molecule has 0 spiro atoms. The molecule has 1 aliphatic rings. The Labute approximate surface area is 107 Å². The van der Waals surface area contributed by atoms with Crippen LogP contribution in [-0.4, -0.2) is 32.9 Å². The number of ether oxygens (including phenoxy) is 3. The first-order valence-corrected chi connectivity index (χ1v) is 6.08. The maximum absolute atomic E-state index is 11.8. The molecular weight excluding hydrogens is 232 g/mol. The van der Waals surface area contributed by atoms with Crippen LogP contribution in [0.3, 0.4) is 0 Å². The first-order chi connectivity index (χ1) is 8.69. The van der Waals surface area contributed by atoms with E-state index in [1.54, 1.807) is 31.4 Å². The summed E-state index contributed by atoms with van der Waals surface area (Å²) in [7, 11) is 1.59. The molecular formula is C14H18O4. The predicted molar refractivity (Wildman–Crippen MR) is 66.8 cm³/mol. The minimum atomic E-state index is -0.294. The average Bonchev–Trinajstić information content (AvgIpc) is 2.38. The topological polar surface area (TPSA) is 44.8 Å². The number of hydrogen-bond acceptors (Lipinski definition) is 4. The van der Waals surface area contributed by atoms with Crippen molar-refractivity contribution in [1.29, 1.82) is 0 Å². The maximum Gasteiger partial charge on any atom is 0.338 e. The molecule has 1 heterocycles. The smallest absolute Gasteiger partial charge is 0.338 e. The van der Waals surface area contributed by atoms with Gasteiger partial charge in [0.1, 0.15) is 12.4 Å². The molecule has 1 aromatic rings. The molecule has 0 aliphatic carbocycles. The third-order valence-electron chi connectivity index (χ3n) is 3.40. The second-order valence-electron chi connectivity index (χ2n) is 4.65. The highest BCUT2D eigenvalue weighted by molar-refractivity contribution is 5.89. The summed E-state index contributed by atoms with van der Waals surface area (Å²) >= 11 is 0. The van der Waals surface area contributed by atoms with Gasteiger partial charge in [0, 0.05) is 0 Å². The second-order valence-corrected chi connectivity index (χ2v) is 4.65. The molecule has 0 amide bonds. The van der Waals surface area contributed by atoms with Gasteiger partial charge in [-0.25, -0.2) is 4.79 Å². The molecule has 0 N–H and O–H groups in total. The third kappa shape index (κ3) is 2.64. The maximum atomic E-state index is 11.8. The number of hydrogen-bond donors (Lipinski definition) is 0. The van der Waals surface area contributed by atoms with Crippen molar-refractivity contribution in [3.63, 3.8) is 0 Å². The quantitative estimate of drug-likeness (QED) is 0.752. The molecule has 98 valence electrons. The molecule has 2 rings (SSSR count). The Morgan fingerprint density at radius 3 is 2.44 bits per heavy atom. The Bertz CT molecular complexity index is 401. The van der Waals surface area contributed by atoms with E-state index in [4.69, 9.17) is 14.2 Å². The van der Waals surface area contributed by atoms with Crippen molar-refractivity contribution in [3.8, 4) is 5.75 Å². The highest BCUT2D eigenvalue weighted by atomic mass is 16.5. The zero-order valence-electron chi connectivity index (χ0n) is 10.8. The summed E-state index contributed by atoms with van der Waals surface area (Å²) in [5.41, 5.74) is 0.574. The van der Waals surface area contributed by atoms with Gasteiger partial charge >= 0.3 is 5.97 Å². The van der Waals surface area contributed by atoms with Crippen LogP contribution >= 0.6 is 0 Å². The Morgan fingerprint density at radius 2 is 2.00 bits per heavy atom. The van der Waals surface area contributed by atoms with E-state index < -0.39 is 0 Å². The van der Waals surface area contributed by atoms with Crippen molar-refractivity contribution in [2.45, 2.75) is 13.3 Å². The Hall–Kier alpha value is -1.55. The monoisotopic (exact) mass is 250 g/mol. The third-order valence-corrected chi connectivity index (χ3v) is 3.40. The Morgan fingerprint density at radius 1 is 1.33 bits per heavy atom. The minimum absolute atomic E-state index is 0.0299. The molecule has 1 saturated heterocycles. The van der Waals surface area contributed by atoms with Gasteiger partial charge in [-0.05, 0) is 30.7 Å². The van der Waals surface area contributed by atoms with E-state index in [2.05, 4.69) is 6.92 Å². The molecule has 0 atom stereocenters. The summed E-state index contributed by atoms with van der Waals surface area (Å²) in [6.07, 6.45) is 0.961. The van der Waals surface area contributed by atoms with Gasteiger partial charge < -0.3 is 14.2 Å². The Kier molecular flexibility index (Phi) is 3.87. The standard InChI is InChI=1S/C14H18O4/c1-3-14(8-17-9-14)10-18-13(15)11-4-6-12(16-2)7-5-11/h4-7H,3,8-10H2,1-2H3. The van der Waals surface area contributed by atoms with Crippen LogP contribution in [0.1, 0.15) is 23.7 Å². The highest BCUT2D eigenvalue weighted by Crippen LogP contribution is 2.31. The molecule has 0 radical (unpaired) electrons. The van der Waals surface area contributed by atoms with Crippen molar-refractivity contribution < 1.29 is 19.0 Å². The van der Waals surface area contributed by atoms with E-state index in [1.807, 2.05) is 0 Å². The largest absolute Gasteiger partial charge is 0.497 e. The van der Waals surface area contributed by atoms with E-state index in [9.17, 15) is 4.79 Å². The van der Waals surface area contributed by atoms with Gasteiger partial charge in [0.15, 0.2) is 0 Å². The van der Waals surface area contributed by atoms with Crippen LogP contribution in [0.5, 0.6) is 5.75 Å². The van der Waals surface area contributed by atoms with Crippen molar-refractivity contribution in [3.05, 3.63) is 29.8 Å². The lowest BCUT2D eigenvalue weighted by molar-refractivity contribution is -0.140. The van der Waals surface area contributed by atoms with E-state index in [0.29, 0.717) is 25.4 Å². The van der Waals surface area contributed by atoms with Gasteiger partial charge in [0.25, 0.3) is 0 Å². The lowest BCUT2D eigenvalue weighted by atomic mass is 9.84. The number of esters is 1. The van der Waals surface area contributed by atoms with E-state index >= 15 is 0 Å². The molecule has 18 heavy (non-hydrogen) atoms. The van der Waals surface area contributed by atoms with Gasteiger partial charge in [-0.2, -0.15) is 0 Å². The van der Waals surface area contributed by atoms with Crippen LogP contribution < -0.4 is 4.74 Å². The minimum Gasteiger partial charge on any atom is -0.497 e. The lowest BCUT2D eigenvalue weighted by Crippen LogP contribution is -2.46. The summed E-state index contributed by atoms with van der Waals surface area (Å²) in [6, 6.07) is 6.91. The zero-order valence-corrected chi connectivity index (χ0v) is 10.8. The average molecular weight is 250 g/mol. The predicted octanol–water partition coefficient (Wildman–Crippen LogP) is 2.28. The van der Waals surface area contributed by atoms with Crippen molar-refractivity contribution in [2.24, 2.45) is 5.41 Å². The van der Waals surface area contributed by atoms with E-state index in [-0.39, 0.29) is 11.4 Å². The number of carbonyl (C=O) groups is 1. The van der Waals surface area contributed by atoms with Gasteiger partial charge in [0.2, 0.25) is 0 Å². The first kappa shape index (κ1) is 12.9. The van der Waals surface area contributed by atoms with Crippen LogP contribution in [0.15, 0.2) is 24.3 Å². The molecule has 1 fully saturated rings. The van der Waals surface area contributed by atoms with Crippen LogP contribution in [-0.2, 0) is 9.47 Å². The van der Waals surface area contributed by atoms with E-state index in [0.717, 1.165) is 12.2 Å². The normalized spacial score (nSPS) is 16.8. The fraction of sp³-hybridized carbons (Fsp3) is 0.500. The molecule has 0 unspecified atom stereocenters. The van der Waals surface area contributed by atoms with Crippen molar-refractivity contribution >= 4 is 5.97 Å². The molecule has 0 saturated carbocycles. The summed E-state index contributed by atoms with van der Waals surface area (Å²) in [5, 5.41) is 0. The van der Waals surface area contributed by atoms with Crippen molar-refractivity contribution in [1.82, 2.24) is 0 Å². The SMILES string of the molecule is CCC1(COC(=O)c2ccc(OC)cc2)COC1. The number of benzene rings is 1. The van der Waals surface area contributed by atoms with Gasteiger partial charge in [-0.1, -0.05) is 6.92 Å². The summed E-state index contributed by atoms with van der Waals surface area (Å²) < 4.78 is 15.6. The first-order valence-electron chi connectivity index (χ1n) is 6.08. The number of rotatable bonds is 5. The Balaban J connectivity index is 1.90. The fourth-order valence-electron chi connectivity index (χ4n) is 1.81. The lowest BCUT2D eigenvalue weighted by Gasteiger charge is -2.39. The van der Waals surface area contributed by atoms with Crippen LogP contribution in [0.4, 0.5) is 0 Å². The van der Waals surface area contributed by atoms with Crippen molar-refractivity contribution in [2.75, 3.05) is 26.9 Å². The molecule has 1 aliphatic heterocycles. The van der Waals surface area contributed by atoms with Crippen LogP contribution in [0.2, 0.25) is 0 Å². The fourth-order valence-corrected chi connectivity index (χ4v) is 1.81. The summed E-state index contributed by atoms with van der Waals surface area (Å²) in [5.74, 6) is 0.432. The number of carbonyl (C=O) groups excluding carboxylic acids is 1. The molecule has 4 nitrogen and oxygen atoms in total. The zero-order chi connectivity index (χ0) is 13.0.